The van der Waals surface area contributed by atoms with Gasteiger partial charge in [0.25, 0.3) is 0 Å². The topological polar surface area (TPSA) is 90.0 Å². The molecular weight excluding hydrogens is 426 g/mol. The summed E-state index contributed by atoms with van der Waals surface area (Å²) in [4.78, 5) is 9.67. The van der Waals surface area contributed by atoms with Crippen LogP contribution in [-0.2, 0) is 9.47 Å². The van der Waals surface area contributed by atoms with E-state index in [0.29, 0.717) is 12.4 Å². The number of aromatic nitrogens is 1. The Hall–Kier alpha value is -2.96. The van der Waals surface area contributed by atoms with Crippen LogP contribution in [0.25, 0.3) is 16.5 Å². The van der Waals surface area contributed by atoms with Crippen molar-refractivity contribution >= 4 is 28.5 Å². The summed E-state index contributed by atoms with van der Waals surface area (Å²) in [6, 6.07) is 5.88. The van der Waals surface area contributed by atoms with E-state index in [9.17, 15) is 5.11 Å². The summed E-state index contributed by atoms with van der Waals surface area (Å²) in [5.74, 6) is 1.49. The van der Waals surface area contributed by atoms with Crippen molar-refractivity contribution in [3.05, 3.63) is 64.4 Å². The second-order valence-electron chi connectivity index (χ2n) is 10.5. The van der Waals surface area contributed by atoms with E-state index in [1.165, 1.54) is 5.57 Å². The van der Waals surface area contributed by atoms with Crippen LogP contribution in [0, 0.1) is 12.8 Å². The van der Waals surface area contributed by atoms with Gasteiger partial charge in [-0.1, -0.05) is 11.6 Å². The molecule has 1 fully saturated rings. The summed E-state index contributed by atoms with van der Waals surface area (Å²) < 4.78 is 12.5. The van der Waals surface area contributed by atoms with Crippen LogP contribution < -0.4 is 5.73 Å². The number of hydrogen-bond acceptors (Lipinski definition) is 6. The van der Waals surface area contributed by atoms with E-state index in [1.807, 2.05) is 52.1 Å². The molecule has 34 heavy (non-hydrogen) atoms. The van der Waals surface area contributed by atoms with E-state index in [2.05, 4.69) is 30.1 Å². The molecule has 2 aliphatic heterocycles. The van der Waals surface area contributed by atoms with Gasteiger partial charge in [-0.2, -0.15) is 0 Å². The van der Waals surface area contributed by atoms with Crippen molar-refractivity contribution in [1.29, 1.82) is 0 Å². The zero-order chi connectivity index (χ0) is 24.3. The van der Waals surface area contributed by atoms with Crippen LogP contribution in [0.15, 0.2) is 52.8 Å². The molecule has 3 heterocycles. The molecule has 178 valence electrons. The number of aliphatic hydroxyl groups excluding tert-OH is 1. The molecule has 3 unspecified atom stereocenters. The highest BCUT2D eigenvalue weighted by Crippen LogP contribution is 2.53. The number of nitrogen functional groups attached to an aromatic ring is 1. The third-order valence-electron chi connectivity index (χ3n) is 6.98. The van der Waals surface area contributed by atoms with Gasteiger partial charge >= 0.3 is 0 Å². The molecule has 0 radical (unpaired) electrons. The number of aryl methyl sites for hydroxylation is 1. The lowest BCUT2D eigenvalue weighted by atomic mass is 9.66. The summed E-state index contributed by atoms with van der Waals surface area (Å²) in [5, 5.41) is 11.5. The van der Waals surface area contributed by atoms with E-state index < -0.39 is 17.2 Å². The maximum absolute atomic E-state index is 10.5. The minimum atomic E-state index is -0.548. The molecule has 1 saturated heterocycles. The maximum atomic E-state index is 10.5. The molecule has 0 saturated carbocycles. The first-order valence-electron chi connectivity index (χ1n) is 11.9. The van der Waals surface area contributed by atoms with Gasteiger partial charge in [0, 0.05) is 18.0 Å². The summed E-state index contributed by atoms with van der Waals surface area (Å²) >= 11 is 0. The standard InChI is InChI=1S/C28H33N3O3/c1-16-14-20-18(6-9-23(29)31-20)25(24(16)22(15-32)34-27(2,3)4)19-7-8-21-26-17(11-13-33-21)10-12-30-28(19,26)5/h6-10,12,14,22,26,32H,11,13,15H2,1-5H3,(H2,29,31). The molecule has 0 spiro atoms. The average Bonchev–Trinajstić information content (AvgIpc) is 2.76. The summed E-state index contributed by atoms with van der Waals surface area (Å²) in [6.45, 7) is 10.8. The van der Waals surface area contributed by atoms with Crippen LogP contribution in [0.3, 0.4) is 0 Å². The Morgan fingerprint density at radius 3 is 2.79 bits per heavy atom. The lowest BCUT2D eigenvalue weighted by molar-refractivity contribution is -0.0825. The van der Waals surface area contributed by atoms with Crippen LogP contribution in [0.2, 0.25) is 0 Å². The Balaban J connectivity index is 1.82. The Labute approximate surface area is 200 Å². The summed E-state index contributed by atoms with van der Waals surface area (Å²) in [7, 11) is 0. The Morgan fingerprint density at radius 1 is 1.26 bits per heavy atom. The molecule has 3 N–H and O–H groups in total. The molecular formula is C28H33N3O3. The Morgan fingerprint density at radius 2 is 2.06 bits per heavy atom. The second kappa shape index (κ2) is 8.07. The van der Waals surface area contributed by atoms with Gasteiger partial charge in [0.1, 0.15) is 17.7 Å². The zero-order valence-corrected chi connectivity index (χ0v) is 20.6. The highest BCUT2D eigenvalue weighted by Gasteiger charge is 2.48. The average molecular weight is 460 g/mol. The smallest absolute Gasteiger partial charge is 0.124 e. The predicted molar refractivity (Wildman–Crippen MR) is 137 cm³/mol. The van der Waals surface area contributed by atoms with Crippen LogP contribution >= 0.6 is 0 Å². The number of benzene rings is 1. The summed E-state index contributed by atoms with van der Waals surface area (Å²) in [6.07, 6.45) is 8.65. The lowest BCUT2D eigenvalue weighted by Crippen LogP contribution is -2.43. The van der Waals surface area contributed by atoms with Gasteiger partial charge in [-0.15, -0.1) is 0 Å². The van der Waals surface area contributed by atoms with E-state index in [1.54, 1.807) is 0 Å². The van der Waals surface area contributed by atoms with Gasteiger partial charge in [0.05, 0.1) is 35.8 Å². The minimum Gasteiger partial charge on any atom is -0.497 e. The molecule has 2 aromatic rings. The van der Waals surface area contributed by atoms with Gasteiger partial charge in [0.15, 0.2) is 0 Å². The monoisotopic (exact) mass is 459 g/mol. The van der Waals surface area contributed by atoms with Crippen molar-refractivity contribution in [2.45, 2.75) is 58.3 Å². The normalized spacial score (nSPS) is 24.6. The molecule has 0 amide bonds. The highest BCUT2D eigenvalue weighted by molar-refractivity contribution is 5.99. The Bertz CT molecular complexity index is 1280. The molecule has 6 heteroatoms. The first-order chi connectivity index (χ1) is 16.1. The second-order valence-corrected chi connectivity index (χ2v) is 10.5. The van der Waals surface area contributed by atoms with Crippen molar-refractivity contribution in [1.82, 2.24) is 4.98 Å². The van der Waals surface area contributed by atoms with Crippen LogP contribution in [0.5, 0.6) is 0 Å². The molecule has 0 bridgehead atoms. The molecule has 1 aromatic carbocycles. The lowest BCUT2D eigenvalue weighted by Gasteiger charge is -2.45. The molecule has 5 rings (SSSR count). The van der Waals surface area contributed by atoms with Crippen LogP contribution in [0.1, 0.15) is 56.9 Å². The third kappa shape index (κ3) is 3.65. The van der Waals surface area contributed by atoms with E-state index in [4.69, 9.17) is 20.2 Å². The number of ether oxygens (including phenoxy) is 2. The highest BCUT2D eigenvalue weighted by atomic mass is 16.5. The maximum Gasteiger partial charge on any atom is 0.124 e. The predicted octanol–water partition coefficient (Wildman–Crippen LogP) is 5.06. The third-order valence-corrected chi connectivity index (χ3v) is 6.98. The van der Waals surface area contributed by atoms with E-state index in [-0.39, 0.29) is 12.5 Å². The number of pyridine rings is 1. The number of anilines is 1. The minimum absolute atomic E-state index is 0.0486. The number of nitrogens with zero attached hydrogens (tertiary/aromatic N) is 2. The molecule has 1 aliphatic carbocycles. The number of hydrogen-bond donors (Lipinski definition) is 2. The van der Waals surface area contributed by atoms with Gasteiger partial charge in [0.2, 0.25) is 0 Å². The number of dihydropyridines is 1. The number of aliphatic imine (C=N–C) groups is 1. The van der Waals surface area contributed by atoms with Gasteiger partial charge in [-0.05, 0) is 87.2 Å². The molecule has 3 aliphatic rings. The first-order valence-corrected chi connectivity index (χ1v) is 11.9. The van der Waals surface area contributed by atoms with E-state index in [0.717, 1.165) is 45.3 Å². The fraction of sp³-hybridized carbons (Fsp3) is 0.429. The number of fused-ring (bicyclic) bond motifs is 1. The molecule has 6 nitrogen and oxygen atoms in total. The molecule has 3 atom stereocenters. The molecule has 1 aromatic heterocycles. The van der Waals surface area contributed by atoms with Gasteiger partial charge in [-0.25, -0.2) is 4.98 Å². The van der Waals surface area contributed by atoms with Crippen molar-refractivity contribution in [3.8, 4) is 0 Å². The van der Waals surface area contributed by atoms with Crippen LogP contribution in [0.4, 0.5) is 5.82 Å². The largest absolute Gasteiger partial charge is 0.497 e. The van der Waals surface area contributed by atoms with Crippen molar-refractivity contribution in [3.63, 3.8) is 0 Å². The van der Waals surface area contributed by atoms with Crippen LogP contribution in [-0.4, -0.2) is 40.7 Å². The van der Waals surface area contributed by atoms with Crippen molar-refractivity contribution < 1.29 is 14.6 Å². The Kier molecular flexibility index (Phi) is 5.41. The summed E-state index contributed by atoms with van der Waals surface area (Å²) in [5.41, 5.74) is 11.3. The van der Waals surface area contributed by atoms with Gasteiger partial charge < -0.3 is 20.3 Å². The fourth-order valence-electron chi connectivity index (χ4n) is 5.67. The SMILES string of the molecule is Cc1cc2nc(N)ccc2c(C2=CC=C3OCCC4=CC=NC2(C)C43)c1C(CO)OC(C)(C)C. The first kappa shape index (κ1) is 22.8. The quantitative estimate of drug-likeness (QED) is 0.667. The number of nitrogens with two attached hydrogens (primary N) is 1. The van der Waals surface area contributed by atoms with E-state index >= 15 is 0 Å². The van der Waals surface area contributed by atoms with Crippen molar-refractivity contribution in [2.75, 3.05) is 18.9 Å². The fourth-order valence-corrected chi connectivity index (χ4v) is 5.67. The zero-order valence-electron chi connectivity index (χ0n) is 20.6. The number of rotatable bonds is 4. The number of aliphatic hydroxyl groups is 1. The van der Waals surface area contributed by atoms with Gasteiger partial charge in [-0.3, -0.25) is 4.99 Å². The van der Waals surface area contributed by atoms with Crippen molar-refractivity contribution in [2.24, 2.45) is 10.9 Å². The number of allylic oxidation sites excluding steroid dienone is 3.